The van der Waals surface area contributed by atoms with Gasteiger partial charge in [0.25, 0.3) is 0 Å². The highest BCUT2D eigenvalue weighted by atomic mass is 32.2. The Hall–Kier alpha value is -2.30. The van der Waals surface area contributed by atoms with Gasteiger partial charge in [0.1, 0.15) is 5.82 Å². The summed E-state index contributed by atoms with van der Waals surface area (Å²) < 4.78 is 27.8. The Morgan fingerprint density at radius 1 is 1.19 bits per heavy atom. The fourth-order valence-electron chi connectivity index (χ4n) is 3.28. The Morgan fingerprint density at radius 3 is 2.65 bits per heavy atom. The number of carbonyl (C=O) groups is 1. The van der Waals surface area contributed by atoms with Gasteiger partial charge >= 0.3 is 0 Å². The maximum Gasteiger partial charge on any atom is 0.242 e. The summed E-state index contributed by atoms with van der Waals surface area (Å²) in [6, 6.07) is 4.92. The number of aromatic nitrogens is 3. The number of amides is 1. The predicted molar refractivity (Wildman–Crippen MR) is 123 cm³/mol. The van der Waals surface area contributed by atoms with Gasteiger partial charge in [0.15, 0.2) is 0 Å². The van der Waals surface area contributed by atoms with Crippen molar-refractivity contribution in [2.75, 3.05) is 20.6 Å². The Balaban J connectivity index is 1.50. The number of rotatable bonds is 10. The van der Waals surface area contributed by atoms with Gasteiger partial charge in [-0.3, -0.25) is 4.79 Å². The molecule has 168 valence electrons. The lowest BCUT2D eigenvalue weighted by molar-refractivity contribution is -0.121. The van der Waals surface area contributed by atoms with Gasteiger partial charge in [-0.25, -0.2) is 22.7 Å². The molecule has 1 N–H and O–H groups in total. The van der Waals surface area contributed by atoms with Crippen molar-refractivity contribution in [1.29, 1.82) is 0 Å². The van der Waals surface area contributed by atoms with E-state index in [4.69, 9.17) is 0 Å². The molecule has 3 aromatic rings. The molecule has 0 spiro atoms. The molecule has 1 aromatic carbocycles. The molecule has 0 aliphatic rings. The smallest absolute Gasteiger partial charge is 0.242 e. The molecule has 0 radical (unpaired) electrons. The first kappa shape index (κ1) is 23.4. The van der Waals surface area contributed by atoms with Crippen LogP contribution in [0.15, 0.2) is 28.5 Å². The summed E-state index contributed by atoms with van der Waals surface area (Å²) in [5.74, 6) is 0.747. The van der Waals surface area contributed by atoms with Crippen LogP contribution in [0.2, 0.25) is 0 Å². The molecule has 2 aromatic heterocycles. The van der Waals surface area contributed by atoms with Crippen LogP contribution in [0.1, 0.15) is 35.8 Å². The average Bonchev–Trinajstić information content (AvgIpc) is 3.28. The fraction of sp³-hybridized carbons (Fsp3) is 0.476. The Labute approximate surface area is 187 Å². The zero-order chi connectivity index (χ0) is 22.6. The molecular weight excluding hydrogens is 434 g/mol. The van der Waals surface area contributed by atoms with Crippen LogP contribution in [0.4, 0.5) is 0 Å². The highest BCUT2D eigenvalue weighted by Gasteiger charge is 2.19. The number of carbonyl (C=O) groups excluding carboxylic acids is 1. The van der Waals surface area contributed by atoms with Crippen molar-refractivity contribution in [3.05, 3.63) is 40.1 Å². The quantitative estimate of drug-likeness (QED) is 0.466. The number of imidazole rings is 1. The molecule has 2 heterocycles. The number of hydrogen-bond donors (Lipinski definition) is 1. The van der Waals surface area contributed by atoms with Crippen LogP contribution in [-0.4, -0.2) is 53.8 Å². The van der Waals surface area contributed by atoms with E-state index >= 15 is 0 Å². The average molecular weight is 464 g/mol. The number of unbranched alkanes of at least 4 members (excludes halogenated alkanes) is 1. The molecule has 8 nitrogen and oxygen atoms in total. The molecule has 0 aliphatic carbocycles. The lowest BCUT2D eigenvalue weighted by Crippen LogP contribution is -2.25. The van der Waals surface area contributed by atoms with E-state index in [0.717, 1.165) is 41.3 Å². The third kappa shape index (κ3) is 5.69. The SMILES string of the molecule is Cc1csc(CCCCNC(=O)CCc2nc3cc(S(=O)(=O)N(C)C)ccc3n2C)n1. The van der Waals surface area contributed by atoms with E-state index in [1.54, 1.807) is 29.5 Å². The van der Waals surface area contributed by atoms with Crippen molar-refractivity contribution < 1.29 is 13.2 Å². The Morgan fingerprint density at radius 2 is 1.97 bits per heavy atom. The number of nitrogens with one attached hydrogen (secondary N) is 1. The lowest BCUT2D eigenvalue weighted by atomic mass is 10.2. The van der Waals surface area contributed by atoms with Crippen molar-refractivity contribution in [1.82, 2.24) is 24.2 Å². The summed E-state index contributed by atoms with van der Waals surface area (Å²) in [6.07, 6.45) is 3.69. The van der Waals surface area contributed by atoms with Crippen LogP contribution in [0, 0.1) is 6.92 Å². The maximum absolute atomic E-state index is 12.3. The van der Waals surface area contributed by atoms with Crippen molar-refractivity contribution >= 4 is 38.3 Å². The maximum atomic E-state index is 12.3. The van der Waals surface area contributed by atoms with E-state index in [9.17, 15) is 13.2 Å². The summed E-state index contributed by atoms with van der Waals surface area (Å²) in [5.41, 5.74) is 2.51. The topological polar surface area (TPSA) is 97.2 Å². The second-order valence-electron chi connectivity index (χ2n) is 7.71. The summed E-state index contributed by atoms with van der Waals surface area (Å²) >= 11 is 1.68. The zero-order valence-corrected chi connectivity index (χ0v) is 20.0. The number of aryl methyl sites for hydroxylation is 4. The van der Waals surface area contributed by atoms with Crippen LogP contribution >= 0.6 is 11.3 Å². The summed E-state index contributed by atoms with van der Waals surface area (Å²) in [5, 5.41) is 6.16. The highest BCUT2D eigenvalue weighted by Crippen LogP contribution is 2.22. The van der Waals surface area contributed by atoms with Crippen LogP contribution in [0.25, 0.3) is 11.0 Å². The zero-order valence-electron chi connectivity index (χ0n) is 18.4. The highest BCUT2D eigenvalue weighted by molar-refractivity contribution is 7.89. The first-order valence-corrected chi connectivity index (χ1v) is 12.6. The van der Waals surface area contributed by atoms with E-state index < -0.39 is 10.0 Å². The number of fused-ring (bicyclic) bond motifs is 1. The van der Waals surface area contributed by atoms with E-state index in [-0.39, 0.29) is 10.8 Å². The first-order valence-electron chi connectivity index (χ1n) is 10.2. The predicted octanol–water partition coefficient (Wildman–Crippen LogP) is 2.66. The minimum Gasteiger partial charge on any atom is -0.356 e. The van der Waals surface area contributed by atoms with Gasteiger partial charge in [-0.05, 0) is 44.4 Å². The number of benzene rings is 1. The van der Waals surface area contributed by atoms with E-state index in [1.165, 1.54) is 18.4 Å². The van der Waals surface area contributed by atoms with Gasteiger partial charge in [0, 0.05) is 51.6 Å². The number of sulfonamides is 1. The van der Waals surface area contributed by atoms with Crippen molar-refractivity contribution in [3.63, 3.8) is 0 Å². The fourth-order valence-corrected chi connectivity index (χ4v) is 5.03. The summed E-state index contributed by atoms with van der Waals surface area (Å²) in [7, 11) is 1.37. The second-order valence-corrected chi connectivity index (χ2v) is 10.8. The first-order chi connectivity index (χ1) is 14.7. The molecule has 0 unspecified atom stereocenters. The Kier molecular flexibility index (Phi) is 7.45. The van der Waals surface area contributed by atoms with Crippen LogP contribution < -0.4 is 5.32 Å². The molecule has 0 bridgehead atoms. The van der Waals surface area contributed by atoms with Crippen LogP contribution in [0.3, 0.4) is 0 Å². The van der Waals surface area contributed by atoms with Gasteiger partial charge in [0.05, 0.1) is 20.9 Å². The van der Waals surface area contributed by atoms with Gasteiger partial charge in [0.2, 0.25) is 15.9 Å². The summed E-state index contributed by atoms with van der Waals surface area (Å²) in [6.45, 7) is 2.65. The lowest BCUT2D eigenvalue weighted by Gasteiger charge is -2.10. The minimum absolute atomic E-state index is 0.00646. The van der Waals surface area contributed by atoms with Crippen molar-refractivity contribution in [2.24, 2.45) is 7.05 Å². The third-order valence-corrected chi connectivity index (χ3v) is 7.94. The normalized spacial score (nSPS) is 12.0. The molecule has 1 amide bonds. The van der Waals surface area contributed by atoms with Crippen LogP contribution in [-0.2, 0) is 34.7 Å². The molecule has 0 fully saturated rings. The monoisotopic (exact) mass is 463 g/mol. The van der Waals surface area contributed by atoms with Gasteiger partial charge < -0.3 is 9.88 Å². The molecule has 31 heavy (non-hydrogen) atoms. The van der Waals surface area contributed by atoms with Crippen molar-refractivity contribution in [2.45, 2.75) is 43.9 Å². The third-order valence-electron chi connectivity index (χ3n) is 5.11. The molecule has 0 saturated carbocycles. The van der Waals surface area contributed by atoms with Gasteiger partial charge in [-0.15, -0.1) is 11.3 Å². The minimum atomic E-state index is -3.51. The molecular formula is C21H29N5O3S2. The molecule has 3 rings (SSSR count). The van der Waals surface area contributed by atoms with E-state index in [1.807, 2.05) is 18.5 Å². The molecule has 0 aliphatic heterocycles. The van der Waals surface area contributed by atoms with Crippen molar-refractivity contribution in [3.8, 4) is 0 Å². The Bertz CT molecular complexity index is 1170. The van der Waals surface area contributed by atoms with Gasteiger partial charge in [-0.2, -0.15) is 0 Å². The van der Waals surface area contributed by atoms with E-state index in [2.05, 4.69) is 20.7 Å². The standard InChI is InChI=1S/C21H29N5O3S2/c1-15-14-30-21(23-15)7-5-6-12-22-20(27)11-10-19-24-17-13-16(31(28,29)25(2)3)8-9-18(17)26(19)4/h8-9,13-14H,5-7,10-12H2,1-4H3,(H,22,27). The van der Waals surface area contributed by atoms with Crippen LogP contribution in [0.5, 0.6) is 0 Å². The number of thiazole rings is 1. The second kappa shape index (κ2) is 9.88. The number of hydrogen-bond acceptors (Lipinski definition) is 6. The molecule has 0 saturated heterocycles. The number of nitrogens with zero attached hydrogens (tertiary/aromatic N) is 4. The summed E-state index contributed by atoms with van der Waals surface area (Å²) in [4.78, 5) is 21.4. The van der Waals surface area contributed by atoms with Gasteiger partial charge in [-0.1, -0.05) is 0 Å². The largest absolute Gasteiger partial charge is 0.356 e. The molecule has 0 atom stereocenters. The van der Waals surface area contributed by atoms with E-state index in [0.29, 0.717) is 24.9 Å². The molecule has 10 heteroatoms.